The zero-order valence-electron chi connectivity index (χ0n) is 22.5. The molecular formula is C36H26O6. The molecule has 0 fully saturated rings. The van der Waals surface area contributed by atoms with Gasteiger partial charge in [0.05, 0.1) is 11.1 Å². The Hall–Kier alpha value is -5.62. The number of carbonyl (C=O) groups excluding carboxylic acids is 4. The van der Waals surface area contributed by atoms with Crippen molar-refractivity contribution in [1.82, 2.24) is 0 Å². The molecule has 0 spiro atoms. The summed E-state index contributed by atoms with van der Waals surface area (Å²) in [6.07, 6.45) is -2.50. The molecule has 5 aromatic rings. The van der Waals surface area contributed by atoms with Crippen molar-refractivity contribution in [3.05, 3.63) is 179 Å². The SMILES string of the molecule is O=C(OC(C(=O)c1ccccc1)c1ccccc1)c1ccccc1C(=O)OC(C(=O)c1ccccc1)c1ccccc1. The third-order valence-corrected chi connectivity index (χ3v) is 6.61. The van der Waals surface area contributed by atoms with Crippen LogP contribution in [0.25, 0.3) is 0 Å². The van der Waals surface area contributed by atoms with Crippen molar-refractivity contribution >= 4 is 23.5 Å². The van der Waals surface area contributed by atoms with E-state index in [1.54, 1.807) is 133 Å². The van der Waals surface area contributed by atoms with Crippen molar-refractivity contribution < 1.29 is 28.7 Å². The molecule has 5 aromatic carbocycles. The average molecular weight is 555 g/mol. The Kier molecular flexibility index (Phi) is 8.75. The van der Waals surface area contributed by atoms with E-state index in [9.17, 15) is 19.2 Å². The lowest BCUT2D eigenvalue weighted by molar-refractivity contribution is 0.0245. The van der Waals surface area contributed by atoms with Crippen LogP contribution in [0.4, 0.5) is 0 Å². The summed E-state index contributed by atoms with van der Waals surface area (Å²) in [5, 5.41) is 0. The molecule has 5 rings (SSSR count). The molecule has 0 aliphatic rings. The lowest BCUT2D eigenvalue weighted by atomic mass is 9.99. The second-order valence-corrected chi connectivity index (χ2v) is 9.40. The first-order valence-corrected chi connectivity index (χ1v) is 13.3. The molecule has 0 bridgehead atoms. The summed E-state index contributed by atoms with van der Waals surface area (Å²) in [7, 11) is 0. The minimum absolute atomic E-state index is 0.0942. The largest absolute Gasteiger partial charge is 0.445 e. The molecule has 2 atom stereocenters. The fraction of sp³-hybridized carbons (Fsp3) is 0.0556. The van der Waals surface area contributed by atoms with Gasteiger partial charge < -0.3 is 9.47 Å². The van der Waals surface area contributed by atoms with Gasteiger partial charge in [0.2, 0.25) is 11.6 Å². The molecule has 0 radical (unpaired) electrons. The smallest absolute Gasteiger partial charge is 0.340 e. The Balaban J connectivity index is 1.44. The molecule has 0 aliphatic heterocycles. The molecule has 42 heavy (non-hydrogen) atoms. The summed E-state index contributed by atoms with van der Waals surface area (Å²) in [4.78, 5) is 54.0. The quantitative estimate of drug-likeness (QED) is 0.134. The third kappa shape index (κ3) is 6.40. The number of ketones is 2. The highest BCUT2D eigenvalue weighted by Crippen LogP contribution is 2.27. The molecular weight excluding hydrogens is 528 g/mol. The summed E-state index contributed by atoms with van der Waals surface area (Å²) in [5.41, 5.74) is 1.52. The Morgan fingerprint density at radius 3 is 1.00 bits per heavy atom. The van der Waals surface area contributed by atoms with Gasteiger partial charge in [0, 0.05) is 22.3 Å². The van der Waals surface area contributed by atoms with E-state index >= 15 is 0 Å². The van der Waals surface area contributed by atoms with E-state index in [4.69, 9.17) is 9.47 Å². The number of esters is 2. The van der Waals surface area contributed by atoms with Crippen LogP contribution in [0.15, 0.2) is 146 Å². The maximum Gasteiger partial charge on any atom is 0.340 e. The summed E-state index contributed by atoms with van der Waals surface area (Å²) in [6, 6.07) is 40.4. The van der Waals surface area contributed by atoms with Gasteiger partial charge in [-0.15, -0.1) is 0 Å². The van der Waals surface area contributed by atoms with Crippen LogP contribution in [0.2, 0.25) is 0 Å². The van der Waals surface area contributed by atoms with Crippen LogP contribution in [0.1, 0.15) is 64.8 Å². The van der Waals surface area contributed by atoms with E-state index in [1.807, 2.05) is 0 Å². The molecule has 0 saturated carbocycles. The van der Waals surface area contributed by atoms with Crippen LogP contribution in [0, 0.1) is 0 Å². The van der Waals surface area contributed by atoms with Gasteiger partial charge in [0.15, 0.2) is 12.2 Å². The molecule has 2 unspecified atom stereocenters. The first kappa shape index (κ1) is 27.9. The molecule has 0 aromatic heterocycles. The Morgan fingerprint density at radius 1 is 0.381 bits per heavy atom. The fourth-order valence-corrected chi connectivity index (χ4v) is 4.49. The van der Waals surface area contributed by atoms with Crippen LogP contribution in [0.5, 0.6) is 0 Å². The number of carbonyl (C=O) groups is 4. The van der Waals surface area contributed by atoms with E-state index in [2.05, 4.69) is 0 Å². The number of hydrogen-bond acceptors (Lipinski definition) is 6. The van der Waals surface area contributed by atoms with Gasteiger partial charge in [-0.1, -0.05) is 133 Å². The Morgan fingerprint density at radius 2 is 0.667 bits per heavy atom. The van der Waals surface area contributed by atoms with E-state index in [-0.39, 0.29) is 11.1 Å². The van der Waals surface area contributed by atoms with Crippen molar-refractivity contribution in [2.24, 2.45) is 0 Å². The first-order valence-electron chi connectivity index (χ1n) is 13.3. The van der Waals surface area contributed by atoms with E-state index in [0.717, 1.165) is 0 Å². The second kappa shape index (κ2) is 13.2. The van der Waals surface area contributed by atoms with Gasteiger partial charge in [-0.2, -0.15) is 0 Å². The Bertz CT molecular complexity index is 1550. The van der Waals surface area contributed by atoms with Crippen molar-refractivity contribution in [2.75, 3.05) is 0 Å². The highest BCUT2D eigenvalue weighted by Gasteiger charge is 2.31. The summed E-state index contributed by atoms with van der Waals surface area (Å²) in [5.74, 6) is -2.58. The third-order valence-electron chi connectivity index (χ3n) is 6.61. The normalized spacial score (nSPS) is 12.0. The van der Waals surface area contributed by atoms with Gasteiger partial charge in [-0.3, -0.25) is 9.59 Å². The monoisotopic (exact) mass is 554 g/mol. The molecule has 0 amide bonds. The van der Waals surface area contributed by atoms with Crippen LogP contribution in [-0.2, 0) is 9.47 Å². The summed E-state index contributed by atoms with van der Waals surface area (Å²) < 4.78 is 11.5. The van der Waals surface area contributed by atoms with Crippen LogP contribution < -0.4 is 0 Å². The van der Waals surface area contributed by atoms with Gasteiger partial charge in [-0.25, -0.2) is 9.59 Å². The van der Waals surface area contributed by atoms with Crippen molar-refractivity contribution in [3.8, 4) is 0 Å². The molecule has 6 heteroatoms. The highest BCUT2D eigenvalue weighted by molar-refractivity contribution is 6.07. The summed E-state index contributed by atoms with van der Waals surface area (Å²) >= 11 is 0. The minimum atomic E-state index is -1.25. The fourth-order valence-electron chi connectivity index (χ4n) is 4.49. The van der Waals surface area contributed by atoms with Crippen molar-refractivity contribution in [3.63, 3.8) is 0 Å². The highest BCUT2D eigenvalue weighted by atomic mass is 16.6. The van der Waals surface area contributed by atoms with E-state index in [1.165, 1.54) is 12.1 Å². The minimum Gasteiger partial charge on any atom is -0.445 e. The zero-order valence-corrected chi connectivity index (χ0v) is 22.5. The van der Waals surface area contributed by atoms with Crippen molar-refractivity contribution in [1.29, 1.82) is 0 Å². The predicted octanol–water partition coefficient (Wildman–Crippen LogP) is 7.25. The zero-order chi connectivity index (χ0) is 29.3. The maximum absolute atomic E-state index is 13.6. The molecule has 0 saturated heterocycles. The summed E-state index contributed by atoms with van der Waals surface area (Å²) in [6.45, 7) is 0. The molecule has 0 aliphatic carbocycles. The molecule has 0 N–H and O–H groups in total. The Labute approximate surface area is 243 Å². The van der Waals surface area contributed by atoms with Crippen LogP contribution in [-0.4, -0.2) is 23.5 Å². The molecule has 6 nitrogen and oxygen atoms in total. The maximum atomic E-state index is 13.6. The van der Waals surface area contributed by atoms with Gasteiger partial charge >= 0.3 is 11.9 Å². The topological polar surface area (TPSA) is 86.7 Å². The van der Waals surface area contributed by atoms with Gasteiger partial charge in [0.1, 0.15) is 0 Å². The lowest BCUT2D eigenvalue weighted by Crippen LogP contribution is -2.24. The average Bonchev–Trinajstić information content (AvgIpc) is 3.07. The lowest BCUT2D eigenvalue weighted by Gasteiger charge is -2.20. The number of ether oxygens (including phenoxy) is 2. The van der Waals surface area contributed by atoms with E-state index < -0.39 is 35.7 Å². The van der Waals surface area contributed by atoms with E-state index in [0.29, 0.717) is 22.3 Å². The van der Waals surface area contributed by atoms with Crippen LogP contribution in [0.3, 0.4) is 0 Å². The number of rotatable bonds is 10. The molecule has 206 valence electrons. The van der Waals surface area contributed by atoms with Gasteiger partial charge in [-0.05, 0) is 12.1 Å². The van der Waals surface area contributed by atoms with Gasteiger partial charge in [0.25, 0.3) is 0 Å². The second-order valence-electron chi connectivity index (χ2n) is 9.40. The standard InChI is InChI=1S/C36H26O6/c37-31(25-15-5-1-6-16-25)33(27-19-9-3-10-20-27)41-35(39)29-23-13-14-24-30(29)36(40)42-34(28-21-11-4-12-22-28)32(38)26-17-7-2-8-18-26/h1-24,33-34H. The van der Waals surface area contributed by atoms with Crippen molar-refractivity contribution in [2.45, 2.75) is 12.2 Å². The molecule has 0 heterocycles. The number of hydrogen-bond donors (Lipinski definition) is 0. The number of benzene rings is 5. The predicted molar refractivity (Wildman–Crippen MR) is 157 cm³/mol. The number of Topliss-reactive ketones (excluding diaryl/α,β-unsaturated/α-hetero) is 2. The first-order chi connectivity index (χ1) is 20.5. The van der Waals surface area contributed by atoms with Crippen LogP contribution >= 0.6 is 0 Å².